The molecule has 0 atom stereocenters. The number of anilines is 1. The molecule has 1 amide bonds. The van der Waals surface area contributed by atoms with Crippen molar-refractivity contribution < 1.29 is 23.7 Å². The van der Waals surface area contributed by atoms with Gasteiger partial charge in [0.25, 0.3) is 5.91 Å². The highest BCUT2D eigenvalue weighted by Crippen LogP contribution is 2.38. The van der Waals surface area contributed by atoms with Gasteiger partial charge in [0.1, 0.15) is 33.2 Å². The minimum absolute atomic E-state index is 0.128. The maximum Gasteiger partial charge on any atom is 0.264 e. The van der Waals surface area contributed by atoms with Crippen molar-refractivity contribution in [1.82, 2.24) is 4.98 Å². The Morgan fingerprint density at radius 1 is 0.962 bits per heavy atom. The van der Waals surface area contributed by atoms with E-state index in [0.717, 1.165) is 10.4 Å². The molecule has 0 aliphatic heterocycles. The fraction of sp³-hybridized carbons (Fsp3) is 0.222. The molecule has 0 saturated heterocycles. The molecular weight excluding hydrogens is 356 g/mol. The Bertz CT molecular complexity index is 867. The molecule has 1 aromatic heterocycles. The van der Waals surface area contributed by atoms with Gasteiger partial charge in [-0.05, 0) is 36.4 Å². The van der Waals surface area contributed by atoms with Crippen molar-refractivity contribution in [1.29, 1.82) is 0 Å². The van der Waals surface area contributed by atoms with Gasteiger partial charge in [-0.25, -0.2) is 4.98 Å². The maximum absolute atomic E-state index is 12.1. The molecule has 3 rings (SSSR count). The third kappa shape index (κ3) is 3.80. The van der Waals surface area contributed by atoms with Gasteiger partial charge < -0.3 is 18.9 Å². The molecule has 26 heavy (non-hydrogen) atoms. The molecule has 0 bridgehead atoms. The summed E-state index contributed by atoms with van der Waals surface area (Å²) < 4.78 is 22.0. The van der Waals surface area contributed by atoms with E-state index in [9.17, 15) is 4.79 Å². The van der Waals surface area contributed by atoms with E-state index in [1.165, 1.54) is 11.3 Å². The minimum atomic E-state index is -0.308. The number of amides is 1. The number of carbonyl (C=O) groups is 1. The van der Waals surface area contributed by atoms with Crippen molar-refractivity contribution in [2.45, 2.75) is 0 Å². The summed E-state index contributed by atoms with van der Waals surface area (Å²) in [5.74, 6) is 2.28. The van der Waals surface area contributed by atoms with E-state index < -0.39 is 0 Å². The van der Waals surface area contributed by atoms with E-state index in [4.69, 9.17) is 18.9 Å². The van der Waals surface area contributed by atoms with Gasteiger partial charge in [-0.15, -0.1) is 0 Å². The van der Waals surface area contributed by atoms with Crippen LogP contribution < -0.4 is 24.3 Å². The Balaban J connectivity index is 1.68. The Hall–Kier alpha value is -3.00. The van der Waals surface area contributed by atoms with Gasteiger partial charge in [-0.3, -0.25) is 10.1 Å². The fourth-order valence-corrected chi connectivity index (χ4v) is 3.31. The predicted molar refractivity (Wildman–Crippen MR) is 99.8 cm³/mol. The quantitative estimate of drug-likeness (QED) is 0.683. The molecule has 3 aromatic rings. The molecule has 7 nitrogen and oxygen atoms in total. The highest BCUT2D eigenvalue weighted by Gasteiger charge is 2.15. The molecule has 8 heteroatoms. The normalized spacial score (nSPS) is 10.4. The van der Waals surface area contributed by atoms with E-state index in [1.54, 1.807) is 57.7 Å². The first-order valence-electron chi connectivity index (χ1n) is 7.73. The summed E-state index contributed by atoms with van der Waals surface area (Å²) in [7, 11) is 4.74. The van der Waals surface area contributed by atoms with E-state index in [1.807, 2.05) is 0 Å². The molecule has 0 unspecified atom stereocenters. The summed E-state index contributed by atoms with van der Waals surface area (Å²) in [5.41, 5.74) is 0.642. The summed E-state index contributed by atoms with van der Waals surface area (Å²) in [6.07, 6.45) is 0. The number of ether oxygens (including phenoxy) is 4. The van der Waals surface area contributed by atoms with Crippen LogP contribution in [0, 0.1) is 0 Å². The van der Waals surface area contributed by atoms with Crippen molar-refractivity contribution in [2.24, 2.45) is 0 Å². The number of carbonyl (C=O) groups excluding carboxylic acids is 1. The van der Waals surface area contributed by atoms with Gasteiger partial charge in [0, 0.05) is 0 Å². The Morgan fingerprint density at radius 2 is 1.62 bits per heavy atom. The number of nitrogens with zero attached hydrogens (tertiary/aromatic N) is 1. The van der Waals surface area contributed by atoms with Crippen molar-refractivity contribution in [3.8, 4) is 23.0 Å². The first-order valence-corrected chi connectivity index (χ1v) is 8.54. The third-order valence-electron chi connectivity index (χ3n) is 3.59. The van der Waals surface area contributed by atoms with E-state index in [-0.39, 0.29) is 12.5 Å². The summed E-state index contributed by atoms with van der Waals surface area (Å²) >= 11 is 1.31. The largest absolute Gasteiger partial charge is 0.497 e. The number of methoxy groups -OCH3 is 3. The van der Waals surface area contributed by atoms with Crippen LogP contribution in [-0.2, 0) is 4.79 Å². The Kier molecular flexibility index (Phi) is 5.43. The standard InChI is InChI=1S/C18H18N2O5S/c1-22-11-4-6-12(7-5-11)25-10-15(21)19-18-20-16-13(23-2)8-9-14(24-3)17(16)26-18/h4-9H,10H2,1-3H3,(H,19,20,21). The summed E-state index contributed by atoms with van der Waals surface area (Å²) in [4.78, 5) is 16.6. The van der Waals surface area contributed by atoms with Crippen LogP contribution in [0.4, 0.5) is 5.13 Å². The first-order chi connectivity index (χ1) is 12.6. The van der Waals surface area contributed by atoms with Gasteiger partial charge in [0.15, 0.2) is 11.7 Å². The second kappa shape index (κ2) is 7.92. The smallest absolute Gasteiger partial charge is 0.264 e. The van der Waals surface area contributed by atoms with Crippen molar-refractivity contribution in [3.63, 3.8) is 0 Å². The number of benzene rings is 2. The zero-order chi connectivity index (χ0) is 18.5. The monoisotopic (exact) mass is 374 g/mol. The summed E-state index contributed by atoms with van der Waals surface area (Å²) in [6, 6.07) is 10.6. The highest BCUT2D eigenvalue weighted by molar-refractivity contribution is 7.22. The summed E-state index contributed by atoms with van der Waals surface area (Å²) in [6.45, 7) is -0.128. The second-order valence-electron chi connectivity index (χ2n) is 5.18. The molecule has 1 N–H and O–H groups in total. The van der Waals surface area contributed by atoms with E-state index in [0.29, 0.717) is 27.9 Å². The number of rotatable bonds is 7. The minimum Gasteiger partial charge on any atom is -0.497 e. The van der Waals surface area contributed by atoms with Crippen LogP contribution in [-0.4, -0.2) is 38.8 Å². The van der Waals surface area contributed by atoms with Crippen molar-refractivity contribution in [2.75, 3.05) is 33.3 Å². The van der Waals surface area contributed by atoms with Crippen molar-refractivity contribution >= 4 is 32.6 Å². The molecule has 0 aliphatic carbocycles. The first kappa shape index (κ1) is 17.8. The molecule has 2 aromatic carbocycles. The van der Waals surface area contributed by atoms with Crippen LogP contribution >= 0.6 is 11.3 Å². The molecule has 0 spiro atoms. The second-order valence-corrected chi connectivity index (χ2v) is 6.18. The Labute approximate surface area is 154 Å². The molecular formula is C18H18N2O5S. The number of nitrogens with one attached hydrogen (secondary N) is 1. The van der Waals surface area contributed by atoms with Crippen LogP contribution in [0.15, 0.2) is 36.4 Å². The Morgan fingerprint density at radius 3 is 2.27 bits per heavy atom. The molecule has 0 aliphatic rings. The number of fused-ring (bicyclic) bond motifs is 1. The van der Waals surface area contributed by atoms with Crippen LogP contribution in [0.1, 0.15) is 0 Å². The van der Waals surface area contributed by atoms with Crippen molar-refractivity contribution in [3.05, 3.63) is 36.4 Å². The van der Waals surface area contributed by atoms with Crippen LogP contribution in [0.3, 0.4) is 0 Å². The van der Waals surface area contributed by atoms with Gasteiger partial charge in [-0.1, -0.05) is 11.3 Å². The molecule has 136 valence electrons. The lowest BCUT2D eigenvalue weighted by Gasteiger charge is -2.06. The van der Waals surface area contributed by atoms with Gasteiger partial charge in [-0.2, -0.15) is 0 Å². The SMILES string of the molecule is COc1ccc(OCC(=O)Nc2nc3c(OC)ccc(OC)c3s2)cc1. The number of hydrogen-bond donors (Lipinski definition) is 1. The lowest BCUT2D eigenvalue weighted by molar-refractivity contribution is -0.118. The number of aromatic nitrogens is 1. The number of thiazole rings is 1. The van der Waals surface area contributed by atoms with Gasteiger partial charge >= 0.3 is 0 Å². The topological polar surface area (TPSA) is 78.9 Å². The average molecular weight is 374 g/mol. The third-order valence-corrected chi connectivity index (χ3v) is 4.57. The zero-order valence-corrected chi connectivity index (χ0v) is 15.4. The summed E-state index contributed by atoms with van der Waals surface area (Å²) in [5, 5.41) is 3.18. The highest BCUT2D eigenvalue weighted by atomic mass is 32.1. The molecule has 0 radical (unpaired) electrons. The fourth-order valence-electron chi connectivity index (χ4n) is 2.32. The van der Waals surface area contributed by atoms with E-state index >= 15 is 0 Å². The molecule has 0 fully saturated rings. The predicted octanol–water partition coefficient (Wildman–Crippen LogP) is 3.34. The lowest BCUT2D eigenvalue weighted by atomic mass is 10.3. The van der Waals surface area contributed by atoms with Crippen LogP contribution in [0.2, 0.25) is 0 Å². The van der Waals surface area contributed by atoms with Gasteiger partial charge in [0.2, 0.25) is 0 Å². The van der Waals surface area contributed by atoms with Crippen LogP contribution in [0.5, 0.6) is 23.0 Å². The maximum atomic E-state index is 12.1. The number of hydrogen-bond acceptors (Lipinski definition) is 7. The van der Waals surface area contributed by atoms with E-state index in [2.05, 4.69) is 10.3 Å². The molecule has 1 heterocycles. The molecule has 0 saturated carbocycles. The van der Waals surface area contributed by atoms with Crippen LogP contribution in [0.25, 0.3) is 10.2 Å². The van der Waals surface area contributed by atoms with Gasteiger partial charge in [0.05, 0.1) is 21.3 Å². The zero-order valence-electron chi connectivity index (χ0n) is 14.6. The lowest BCUT2D eigenvalue weighted by Crippen LogP contribution is -2.19. The average Bonchev–Trinajstić information content (AvgIpc) is 3.09.